The fourth-order valence-corrected chi connectivity index (χ4v) is 8.30. The minimum atomic E-state index is -0.781. The first-order valence-corrected chi connectivity index (χ1v) is 17.5. The zero-order chi connectivity index (χ0) is 51.9. The number of nitrogens with zero attached hydrogens (tertiary/aromatic N) is 2. The highest BCUT2D eigenvalue weighted by molar-refractivity contribution is 6.13. The molecule has 0 N–H and O–H groups in total. The molecule has 0 unspecified atom stereocenters. The molecule has 10 rings (SSSR count). The molecule has 0 bridgehead atoms. The van der Waals surface area contributed by atoms with Gasteiger partial charge in [-0.2, -0.15) is 0 Å². The second kappa shape index (κ2) is 11.1. The number of aromatic nitrogens is 2. The summed E-state index contributed by atoms with van der Waals surface area (Å²) in [5.74, 6) is 0. The van der Waals surface area contributed by atoms with Crippen LogP contribution in [0.15, 0.2) is 157 Å². The van der Waals surface area contributed by atoms with E-state index in [0.29, 0.717) is 11.3 Å². The Morgan fingerprint density at radius 3 is 1.70 bits per heavy atom. The Labute approximate surface area is 337 Å². The van der Waals surface area contributed by atoms with Crippen LogP contribution in [0.4, 0.5) is 0 Å². The molecule has 1 aliphatic carbocycles. The molecule has 53 heavy (non-hydrogen) atoms. The van der Waals surface area contributed by atoms with E-state index in [9.17, 15) is 9.60 Å². The number of hydrogen-bond donors (Lipinski definition) is 0. The van der Waals surface area contributed by atoms with Gasteiger partial charge in [-0.3, -0.25) is 0 Å². The maximum absolute atomic E-state index is 9.91. The van der Waals surface area contributed by atoms with E-state index in [-0.39, 0.29) is 49.0 Å². The zero-order valence-electron chi connectivity index (χ0n) is 48.0. The Balaban J connectivity index is 1.39. The van der Waals surface area contributed by atoms with Crippen LogP contribution in [0.1, 0.15) is 77.3 Å². The third-order valence-electron chi connectivity index (χ3n) is 12.3. The summed E-state index contributed by atoms with van der Waals surface area (Å²) in [6.45, 7) is 13.2. The number of fused-ring (bicyclic) bond motifs is 7. The van der Waals surface area contributed by atoms with Gasteiger partial charge in [-0.15, -0.1) is 0 Å². The molecule has 2 aromatic heterocycles. The van der Waals surface area contributed by atoms with Gasteiger partial charge in [0.1, 0.15) is 0 Å². The molecule has 258 valence electrons. The summed E-state index contributed by atoms with van der Waals surface area (Å²) in [7, 11) is 0. The third-order valence-corrected chi connectivity index (χ3v) is 12.3. The minimum Gasteiger partial charge on any atom is -0.309 e. The van der Waals surface area contributed by atoms with Crippen molar-refractivity contribution in [2.45, 2.75) is 52.4 Å². The van der Waals surface area contributed by atoms with Gasteiger partial charge in [0.25, 0.3) is 0 Å². The predicted octanol–water partition coefficient (Wildman–Crippen LogP) is 13.8. The maximum atomic E-state index is 9.91. The first-order valence-electron chi connectivity index (χ1n) is 26.5. The van der Waals surface area contributed by atoms with Crippen molar-refractivity contribution in [1.82, 2.24) is 9.13 Å². The van der Waals surface area contributed by atoms with Crippen molar-refractivity contribution in [2.75, 3.05) is 0 Å². The van der Waals surface area contributed by atoms with Gasteiger partial charge in [-0.05, 0) is 105 Å². The van der Waals surface area contributed by atoms with E-state index < -0.39 is 136 Å². The molecule has 2 heterocycles. The van der Waals surface area contributed by atoms with Gasteiger partial charge in [0, 0.05) is 32.8 Å². The molecule has 0 aliphatic heterocycles. The van der Waals surface area contributed by atoms with Crippen molar-refractivity contribution in [2.24, 2.45) is 5.41 Å². The molecule has 0 spiro atoms. The number of benzene rings is 7. The largest absolute Gasteiger partial charge is 0.309 e. The lowest BCUT2D eigenvalue weighted by atomic mass is 9.59. The summed E-state index contributed by atoms with van der Waals surface area (Å²) >= 11 is 0. The van der Waals surface area contributed by atoms with Gasteiger partial charge in [-0.1, -0.05) is 138 Å². The van der Waals surface area contributed by atoms with E-state index >= 15 is 0 Å². The van der Waals surface area contributed by atoms with E-state index in [1.54, 1.807) is 4.57 Å². The molecule has 7 aromatic carbocycles. The van der Waals surface area contributed by atoms with Crippen molar-refractivity contribution in [3.8, 4) is 33.6 Å². The van der Waals surface area contributed by atoms with Crippen molar-refractivity contribution in [3.05, 3.63) is 168 Å². The van der Waals surface area contributed by atoms with Crippen molar-refractivity contribution in [1.29, 1.82) is 0 Å². The molecule has 0 radical (unpaired) electrons. The lowest BCUT2D eigenvalue weighted by Gasteiger charge is -2.44. The van der Waals surface area contributed by atoms with Gasteiger partial charge in [0.15, 0.2) is 0 Å². The van der Waals surface area contributed by atoms with Crippen LogP contribution in [0, 0.1) is 5.41 Å². The minimum absolute atomic E-state index is 0.00835. The van der Waals surface area contributed by atoms with E-state index in [2.05, 4.69) is 47.6 Å². The Hall–Kier alpha value is -5.86. The molecule has 0 fully saturated rings. The fourth-order valence-electron chi connectivity index (χ4n) is 8.30. The summed E-state index contributed by atoms with van der Waals surface area (Å²) in [6.07, 6.45) is 0. The Bertz CT molecular complexity index is 3910. The van der Waals surface area contributed by atoms with E-state index in [1.807, 2.05) is 36.4 Å². The van der Waals surface area contributed by atoms with Gasteiger partial charge < -0.3 is 9.13 Å². The van der Waals surface area contributed by atoms with Crippen LogP contribution in [0.5, 0.6) is 0 Å². The molecule has 9 aromatic rings. The Kier molecular flexibility index (Phi) is 3.81. The first-order chi connectivity index (χ1) is 33.1. The molecule has 0 saturated heterocycles. The SMILES string of the molecule is [2H]c1c([2H])c([2H])c(-n2c3c([2H])c([2H])c([2H])c([2H])c3c3c([2H])c(-c4cc5c6c([2H])c([2H])c([2H])c([2H])c6n(-c6cc7c(cc6-c6ccccc6)C(C)(C)C(C)(C)C7(C)C)c5c([2H])c4[2H])c([2H])c([2H])c32)c([2H])c1[2H]. The topological polar surface area (TPSA) is 9.86 Å². The quantitative estimate of drug-likeness (QED) is 0.173. The standard InChI is InChI=1S/C51H44N2/c1-49(2)42-31-39(33-17-9-7-10-18-33)48(32-43(42)50(3,4)51(49,5)6)53-45-24-16-14-22-38(45)41-30-35(26-28-47(41)53)34-25-27-46-40(29-34)37-21-13-15-23-44(37)52(46)36-19-11-8-12-20-36/h7-32H,1-6H3/i8D,11D,12D,13D,14D,15D,16D,19D,20D,21D,22D,23D,24D,25D,26D,27D,28D,29D. The zero-order valence-corrected chi connectivity index (χ0v) is 30.0. The second-order valence-electron chi connectivity index (χ2n) is 15.3. The van der Waals surface area contributed by atoms with Crippen LogP contribution in [0.3, 0.4) is 0 Å². The molecule has 0 atom stereocenters. The number of rotatable bonds is 4. The van der Waals surface area contributed by atoms with E-state index in [1.165, 1.54) is 6.07 Å². The highest BCUT2D eigenvalue weighted by Crippen LogP contribution is 2.62. The normalized spacial score (nSPS) is 20.6. The van der Waals surface area contributed by atoms with Crippen LogP contribution in [-0.2, 0) is 10.8 Å². The lowest BCUT2D eigenvalue weighted by molar-refractivity contribution is 0.125. The highest BCUT2D eigenvalue weighted by atomic mass is 15.0. The molecular weight excluding hydrogens is 641 g/mol. The summed E-state index contributed by atoms with van der Waals surface area (Å²) in [5.41, 5.74) is 0.829. The van der Waals surface area contributed by atoms with Gasteiger partial charge >= 0.3 is 0 Å². The summed E-state index contributed by atoms with van der Waals surface area (Å²) in [6, 6.07) is 3.09. The summed E-state index contributed by atoms with van der Waals surface area (Å²) in [5, 5.41) is -0.667. The number of hydrogen-bond acceptors (Lipinski definition) is 0. The average molecular weight is 703 g/mol. The smallest absolute Gasteiger partial charge is 0.0645 e. The van der Waals surface area contributed by atoms with Crippen molar-refractivity contribution in [3.63, 3.8) is 0 Å². The van der Waals surface area contributed by atoms with E-state index in [0.717, 1.165) is 21.3 Å². The molecule has 0 saturated carbocycles. The second-order valence-corrected chi connectivity index (χ2v) is 15.3. The van der Waals surface area contributed by atoms with Crippen LogP contribution >= 0.6 is 0 Å². The highest BCUT2D eigenvalue weighted by Gasteiger charge is 2.57. The first kappa shape index (κ1) is 18.3. The Morgan fingerprint density at radius 2 is 1.00 bits per heavy atom. The predicted molar refractivity (Wildman–Crippen MR) is 226 cm³/mol. The van der Waals surface area contributed by atoms with Crippen molar-refractivity contribution < 1.29 is 24.7 Å². The Morgan fingerprint density at radius 1 is 0.453 bits per heavy atom. The van der Waals surface area contributed by atoms with Crippen LogP contribution in [0.25, 0.3) is 77.2 Å². The van der Waals surface area contributed by atoms with Gasteiger partial charge in [0.2, 0.25) is 0 Å². The maximum Gasteiger partial charge on any atom is 0.0645 e. The molecule has 1 aliphatic rings. The van der Waals surface area contributed by atoms with Crippen LogP contribution in [0.2, 0.25) is 0 Å². The van der Waals surface area contributed by atoms with Crippen LogP contribution < -0.4 is 0 Å². The lowest BCUT2D eigenvalue weighted by Crippen LogP contribution is -2.42. The summed E-state index contributed by atoms with van der Waals surface area (Å²) < 4.78 is 166. The van der Waals surface area contributed by atoms with E-state index in [4.69, 9.17) is 15.1 Å². The fraction of sp³-hybridized carbons (Fsp3) is 0.176. The summed E-state index contributed by atoms with van der Waals surface area (Å²) in [4.78, 5) is 0. The monoisotopic (exact) mass is 702 g/mol. The molecular formula is C51H44N2. The van der Waals surface area contributed by atoms with Crippen LogP contribution in [-0.4, -0.2) is 9.13 Å². The van der Waals surface area contributed by atoms with Gasteiger partial charge in [0.05, 0.1) is 52.4 Å². The number of para-hydroxylation sites is 3. The third kappa shape index (κ3) is 4.33. The van der Waals surface area contributed by atoms with Gasteiger partial charge in [-0.25, -0.2) is 0 Å². The molecule has 2 heteroatoms. The van der Waals surface area contributed by atoms with Crippen molar-refractivity contribution >= 4 is 43.6 Å². The average Bonchev–Trinajstić information content (AvgIpc) is 3.90. The molecule has 2 nitrogen and oxygen atoms in total. The molecule has 0 amide bonds.